The zero-order chi connectivity index (χ0) is 22.9. The number of hydrogen-bond donors (Lipinski definition) is 2. The Morgan fingerprint density at radius 1 is 1.21 bits per heavy atom. The third-order valence-corrected chi connectivity index (χ3v) is 6.40. The van der Waals surface area contributed by atoms with Gasteiger partial charge >= 0.3 is 0 Å². The highest BCUT2D eigenvalue weighted by molar-refractivity contribution is 6.06. The van der Waals surface area contributed by atoms with E-state index in [1.54, 1.807) is 12.5 Å². The molecule has 2 aromatic heterocycles. The fourth-order valence-electron chi connectivity index (χ4n) is 4.31. The molecule has 34 heavy (non-hydrogen) atoms. The van der Waals surface area contributed by atoms with Gasteiger partial charge in [-0.05, 0) is 43.7 Å². The molecule has 9 heteroatoms. The van der Waals surface area contributed by atoms with Gasteiger partial charge in [0.05, 0.1) is 17.7 Å². The van der Waals surface area contributed by atoms with E-state index >= 15 is 0 Å². The van der Waals surface area contributed by atoms with Crippen LogP contribution in [0.1, 0.15) is 60.0 Å². The first-order chi connectivity index (χ1) is 16.7. The summed E-state index contributed by atoms with van der Waals surface area (Å²) < 4.78 is 17.8. The summed E-state index contributed by atoms with van der Waals surface area (Å²) >= 11 is 0. The first-order valence-corrected chi connectivity index (χ1v) is 11.9. The molecule has 3 aromatic rings. The lowest BCUT2D eigenvalue weighted by Gasteiger charge is -2.26. The van der Waals surface area contributed by atoms with E-state index < -0.39 is 6.29 Å². The third-order valence-electron chi connectivity index (χ3n) is 6.40. The fourth-order valence-corrected chi connectivity index (χ4v) is 4.31. The number of amides is 1. The normalized spacial score (nSPS) is 20.5. The quantitative estimate of drug-likeness (QED) is 0.550. The van der Waals surface area contributed by atoms with Gasteiger partial charge in [0.1, 0.15) is 29.5 Å². The standard InChI is InChI=1S/C25H27N5O4/c31-24(29-30-9-2-1-3-10-30)19-12-26-23-21(19)27-15-28-22(23)20-14-33-25(34-20)17-5-4-6-18(11-17)32-13-16-7-8-16/h4-6,11-12,14-16,25-26H,1-3,7-10,13H2,(H,29,31). The molecule has 0 spiro atoms. The summed E-state index contributed by atoms with van der Waals surface area (Å²) in [5.41, 5.74) is 6.04. The number of piperidine rings is 1. The summed E-state index contributed by atoms with van der Waals surface area (Å²) in [6.07, 6.45) is 9.92. The Bertz CT molecular complexity index is 1230. The fraction of sp³-hybridized carbons (Fsp3) is 0.400. The number of carbonyl (C=O) groups is 1. The van der Waals surface area contributed by atoms with Crippen LogP contribution < -0.4 is 10.2 Å². The van der Waals surface area contributed by atoms with Gasteiger partial charge in [0, 0.05) is 24.8 Å². The maximum Gasteiger partial charge on any atom is 0.269 e. The molecular weight excluding hydrogens is 434 g/mol. The summed E-state index contributed by atoms with van der Waals surface area (Å²) in [6.45, 7) is 2.47. The van der Waals surface area contributed by atoms with Crippen LogP contribution in [0.3, 0.4) is 0 Å². The van der Waals surface area contributed by atoms with E-state index in [2.05, 4.69) is 20.4 Å². The molecule has 1 saturated heterocycles. The van der Waals surface area contributed by atoms with Crippen molar-refractivity contribution in [2.24, 2.45) is 5.92 Å². The summed E-state index contributed by atoms with van der Waals surface area (Å²) in [7, 11) is 0. The Balaban J connectivity index is 1.18. The predicted octanol–water partition coefficient (Wildman–Crippen LogP) is 3.92. The number of hydrazine groups is 1. The van der Waals surface area contributed by atoms with Crippen molar-refractivity contribution in [3.05, 3.63) is 59.9 Å². The zero-order valence-corrected chi connectivity index (χ0v) is 18.8. The maximum absolute atomic E-state index is 12.9. The highest BCUT2D eigenvalue weighted by Crippen LogP contribution is 2.36. The van der Waals surface area contributed by atoms with Gasteiger partial charge in [-0.2, -0.15) is 0 Å². The van der Waals surface area contributed by atoms with Crippen LogP contribution in [0.25, 0.3) is 16.8 Å². The molecule has 1 atom stereocenters. The van der Waals surface area contributed by atoms with E-state index in [0.717, 1.165) is 43.9 Å². The molecule has 6 rings (SSSR count). The van der Waals surface area contributed by atoms with Gasteiger partial charge in [0.25, 0.3) is 12.2 Å². The second kappa shape index (κ2) is 8.98. The topological polar surface area (TPSA) is 102 Å². The van der Waals surface area contributed by atoms with Crippen molar-refractivity contribution in [3.8, 4) is 5.75 Å². The average molecular weight is 462 g/mol. The number of benzene rings is 1. The SMILES string of the molecule is O=C(NN1CCCCC1)c1c[nH]c2c(C3=COC(c4cccc(OCC5CC5)c4)O3)ncnc12. The Kier molecular flexibility index (Phi) is 5.54. The number of hydrogen-bond acceptors (Lipinski definition) is 7. The van der Waals surface area contributed by atoms with Crippen LogP contribution >= 0.6 is 0 Å². The summed E-state index contributed by atoms with van der Waals surface area (Å²) in [5, 5.41) is 1.97. The van der Waals surface area contributed by atoms with Crippen LogP contribution in [0.15, 0.2) is 43.1 Å². The molecule has 4 heterocycles. The lowest BCUT2D eigenvalue weighted by Crippen LogP contribution is -2.45. The lowest BCUT2D eigenvalue weighted by molar-refractivity contribution is -0.0173. The molecule has 0 radical (unpaired) electrons. The van der Waals surface area contributed by atoms with Crippen molar-refractivity contribution in [1.29, 1.82) is 0 Å². The van der Waals surface area contributed by atoms with Crippen LogP contribution in [-0.4, -0.2) is 45.6 Å². The Hall–Kier alpha value is -3.59. The van der Waals surface area contributed by atoms with E-state index in [9.17, 15) is 4.79 Å². The van der Waals surface area contributed by atoms with Crippen molar-refractivity contribution in [3.63, 3.8) is 0 Å². The zero-order valence-electron chi connectivity index (χ0n) is 18.8. The largest absolute Gasteiger partial charge is 0.493 e. The molecule has 2 N–H and O–H groups in total. The van der Waals surface area contributed by atoms with Gasteiger partial charge in [-0.25, -0.2) is 15.0 Å². The molecule has 2 aliphatic heterocycles. The number of nitrogens with one attached hydrogen (secondary N) is 2. The van der Waals surface area contributed by atoms with Gasteiger partial charge in [0.15, 0.2) is 5.76 Å². The van der Waals surface area contributed by atoms with Crippen LogP contribution in [0, 0.1) is 5.92 Å². The predicted molar refractivity (Wildman–Crippen MR) is 124 cm³/mol. The van der Waals surface area contributed by atoms with Crippen LogP contribution in [0.2, 0.25) is 0 Å². The minimum absolute atomic E-state index is 0.184. The van der Waals surface area contributed by atoms with Crippen LogP contribution in [-0.2, 0) is 9.47 Å². The van der Waals surface area contributed by atoms with Crippen molar-refractivity contribution in [1.82, 2.24) is 25.4 Å². The number of H-pyrrole nitrogens is 1. The minimum atomic E-state index is -0.596. The van der Waals surface area contributed by atoms with Gasteiger partial charge in [-0.15, -0.1) is 0 Å². The number of ether oxygens (including phenoxy) is 3. The first kappa shape index (κ1) is 21.0. The van der Waals surface area contributed by atoms with E-state index in [1.807, 2.05) is 29.3 Å². The lowest BCUT2D eigenvalue weighted by atomic mass is 10.2. The van der Waals surface area contributed by atoms with Gasteiger partial charge in [-0.1, -0.05) is 18.6 Å². The highest BCUT2D eigenvalue weighted by Gasteiger charge is 2.28. The molecule has 1 amide bonds. The molecule has 1 aliphatic carbocycles. The summed E-state index contributed by atoms with van der Waals surface area (Å²) in [6, 6.07) is 7.76. The van der Waals surface area contributed by atoms with E-state index in [-0.39, 0.29) is 5.91 Å². The minimum Gasteiger partial charge on any atom is -0.493 e. The number of aromatic nitrogens is 3. The Labute approximate surface area is 197 Å². The van der Waals surface area contributed by atoms with Crippen molar-refractivity contribution >= 4 is 22.7 Å². The summed E-state index contributed by atoms with van der Waals surface area (Å²) in [4.78, 5) is 24.8. The second-order valence-electron chi connectivity index (χ2n) is 9.03. The monoisotopic (exact) mass is 461 g/mol. The number of rotatable bonds is 7. The van der Waals surface area contributed by atoms with Crippen molar-refractivity contribution in [2.75, 3.05) is 19.7 Å². The molecule has 1 saturated carbocycles. The van der Waals surface area contributed by atoms with Crippen LogP contribution in [0.5, 0.6) is 5.75 Å². The molecular formula is C25H27N5O4. The van der Waals surface area contributed by atoms with Crippen LogP contribution in [0.4, 0.5) is 0 Å². The number of carbonyl (C=O) groups excluding carboxylic acids is 1. The molecule has 2 fully saturated rings. The van der Waals surface area contributed by atoms with Gasteiger partial charge < -0.3 is 19.2 Å². The van der Waals surface area contributed by atoms with E-state index in [1.165, 1.54) is 25.6 Å². The van der Waals surface area contributed by atoms with Crippen molar-refractivity contribution < 1.29 is 19.0 Å². The molecule has 9 nitrogen and oxygen atoms in total. The van der Waals surface area contributed by atoms with Gasteiger partial charge in [0.2, 0.25) is 0 Å². The highest BCUT2D eigenvalue weighted by atomic mass is 16.7. The average Bonchev–Trinajstić information content (AvgIpc) is 3.38. The maximum atomic E-state index is 12.9. The number of aromatic amines is 1. The first-order valence-electron chi connectivity index (χ1n) is 11.9. The number of nitrogens with zero attached hydrogens (tertiary/aromatic N) is 3. The smallest absolute Gasteiger partial charge is 0.269 e. The van der Waals surface area contributed by atoms with E-state index in [0.29, 0.717) is 34.0 Å². The third kappa shape index (κ3) is 4.31. The van der Waals surface area contributed by atoms with Crippen molar-refractivity contribution in [2.45, 2.75) is 38.4 Å². The molecule has 1 unspecified atom stereocenters. The summed E-state index contributed by atoms with van der Waals surface area (Å²) in [5.74, 6) is 1.79. The Morgan fingerprint density at radius 2 is 2.09 bits per heavy atom. The van der Waals surface area contributed by atoms with E-state index in [4.69, 9.17) is 14.2 Å². The molecule has 0 bridgehead atoms. The second-order valence-corrected chi connectivity index (χ2v) is 9.03. The Morgan fingerprint density at radius 3 is 2.94 bits per heavy atom. The number of fused-ring (bicyclic) bond motifs is 1. The van der Waals surface area contributed by atoms with Gasteiger partial charge in [-0.3, -0.25) is 10.2 Å². The molecule has 176 valence electrons. The molecule has 3 aliphatic rings. The molecule has 1 aromatic carbocycles.